The summed E-state index contributed by atoms with van der Waals surface area (Å²) in [5.74, 6) is 1.07. The van der Waals surface area contributed by atoms with E-state index in [1.54, 1.807) is 6.20 Å². The van der Waals surface area contributed by atoms with Gasteiger partial charge in [0.2, 0.25) is 0 Å². The highest BCUT2D eigenvalue weighted by Crippen LogP contribution is 2.34. The summed E-state index contributed by atoms with van der Waals surface area (Å²) in [5, 5.41) is 8.86. The van der Waals surface area contributed by atoms with Crippen molar-refractivity contribution in [1.29, 1.82) is 5.26 Å². The van der Waals surface area contributed by atoms with Gasteiger partial charge in [-0.25, -0.2) is 19.3 Å². The second-order valence-electron chi connectivity index (χ2n) is 6.94. The van der Waals surface area contributed by atoms with Crippen LogP contribution in [0, 0.1) is 17.1 Å². The fourth-order valence-corrected chi connectivity index (χ4v) is 3.71. The van der Waals surface area contributed by atoms with Crippen molar-refractivity contribution in [2.75, 3.05) is 37.7 Å². The number of pyridine rings is 1. The number of halogens is 1. The van der Waals surface area contributed by atoms with E-state index in [9.17, 15) is 4.39 Å². The lowest BCUT2D eigenvalue weighted by molar-refractivity contribution is 0.128. The standard InChI is InChI=1S/C19H21FN6O2/c1-12-11-25(17-10-22-14(8-21)9-23-17)3-4-26(12)13(2)18-15(20)7-16-19(24-18)28-6-5-27-16/h7,9-10,12-13H,3-6,11H2,1-2H3/t12-,13+/m1/s1. The third-order valence-corrected chi connectivity index (χ3v) is 5.16. The molecule has 0 radical (unpaired) electrons. The van der Waals surface area contributed by atoms with E-state index in [0.717, 1.165) is 25.5 Å². The number of nitrogens with zero attached hydrogens (tertiary/aromatic N) is 6. The van der Waals surface area contributed by atoms with Crippen molar-refractivity contribution in [1.82, 2.24) is 19.9 Å². The van der Waals surface area contributed by atoms with Crippen LogP contribution < -0.4 is 14.4 Å². The molecule has 0 spiro atoms. The zero-order valence-electron chi connectivity index (χ0n) is 15.8. The molecule has 0 aliphatic carbocycles. The normalized spacial score (nSPS) is 20.5. The number of hydrogen-bond donors (Lipinski definition) is 0. The molecule has 0 aromatic carbocycles. The molecule has 8 nitrogen and oxygen atoms in total. The predicted octanol–water partition coefficient (Wildman–Crippen LogP) is 1.93. The zero-order chi connectivity index (χ0) is 19.7. The van der Waals surface area contributed by atoms with Crippen LogP contribution in [0.1, 0.15) is 31.3 Å². The first-order valence-electron chi connectivity index (χ1n) is 9.25. The quantitative estimate of drug-likeness (QED) is 0.793. The molecule has 0 bridgehead atoms. The molecule has 2 aliphatic heterocycles. The van der Waals surface area contributed by atoms with E-state index in [1.807, 2.05) is 13.0 Å². The number of piperazine rings is 1. The highest BCUT2D eigenvalue weighted by molar-refractivity contribution is 5.39. The molecule has 1 fully saturated rings. The Bertz CT molecular complexity index is 901. The number of aromatic nitrogens is 3. The summed E-state index contributed by atoms with van der Waals surface area (Å²) in [6.07, 6.45) is 3.09. The molecule has 0 unspecified atom stereocenters. The largest absolute Gasteiger partial charge is 0.484 e. The number of nitriles is 1. The number of hydrogen-bond acceptors (Lipinski definition) is 8. The molecular weight excluding hydrogens is 363 g/mol. The minimum absolute atomic E-state index is 0.149. The van der Waals surface area contributed by atoms with Crippen LogP contribution >= 0.6 is 0 Å². The fraction of sp³-hybridized carbons (Fsp3) is 0.474. The average Bonchev–Trinajstić information content (AvgIpc) is 2.72. The van der Waals surface area contributed by atoms with Gasteiger partial charge in [-0.3, -0.25) is 4.90 Å². The van der Waals surface area contributed by atoms with Crippen LogP contribution in [0.2, 0.25) is 0 Å². The Morgan fingerprint density at radius 3 is 2.79 bits per heavy atom. The minimum atomic E-state index is -0.385. The van der Waals surface area contributed by atoms with Crippen molar-refractivity contribution in [2.45, 2.75) is 25.9 Å². The third-order valence-electron chi connectivity index (χ3n) is 5.16. The second-order valence-corrected chi connectivity index (χ2v) is 6.94. The molecule has 2 aliphatic rings. The molecule has 2 aromatic heterocycles. The molecule has 0 N–H and O–H groups in total. The minimum Gasteiger partial charge on any atom is -0.484 e. The third kappa shape index (κ3) is 3.43. The summed E-state index contributed by atoms with van der Waals surface area (Å²) < 4.78 is 25.6. The lowest BCUT2D eigenvalue weighted by atomic mass is 10.1. The van der Waals surface area contributed by atoms with Gasteiger partial charge in [0.25, 0.3) is 5.88 Å². The summed E-state index contributed by atoms with van der Waals surface area (Å²) in [6.45, 7) is 7.03. The van der Waals surface area contributed by atoms with Gasteiger partial charge in [-0.1, -0.05) is 0 Å². The van der Waals surface area contributed by atoms with Gasteiger partial charge < -0.3 is 14.4 Å². The zero-order valence-corrected chi connectivity index (χ0v) is 15.8. The van der Waals surface area contributed by atoms with E-state index in [1.165, 1.54) is 12.3 Å². The molecule has 0 saturated carbocycles. The van der Waals surface area contributed by atoms with Gasteiger partial charge in [-0.2, -0.15) is 5.26 Å². The summed E-state index contributed by atoms with van der Waals surface area (Å²) in [4.78, 5) is 17.1. The Labute approximate surface area is 162 Å². The lowest BCUT2D eigenvalue weighted by Gasteiger charge is -2.43. The Morgan fingerprint density at radius 2 is 2.07 bits per heavy atom. The Hall–Kier alpha value is -2.99. The molecule has 28 heavy (non-hydrogen) atoms. The second kappa shape index (κ2) is 7.56. The van der Waals surface area contributed by atoms with Crippen LogP contribution in [-0.2, 0) is 0 Å². The fourth-order valence-electron chi connectivity index (χ4n) is 3.71. The van der Waals surface area contributed by atoms with E-state index in [0.29, 0.717) is 36.2 Å². The van der Waals surface area contributed by atoms with Crippen molar-refractivity contribution in [3.63, 3.8) is 0 Å². The molecular formula is C19H21FN6O2. The first-order valence-corrected chi connectivity index (χ1v) is 9.25. The Balaban J connectivity index is 1.49. The molecule has 4 heterocycles. The van der Waals surface area contributed by atoms with Crippen molar-refractivity contribution in [3.05, 3.63) is 35.7 Å². The highest BCUT2D eigenvalue weighted by Gasteiger charge is 2.31. The maximum Gasteiger partial charge on any atom is 0.257 e. The molecule has 0 amide bonds. The van der Waals surface area contributed by atoms with Crippen LogP contribution in [0.5, 0.6) is 11.6 Å². The number of fused-ring (bicyclic) bond motifs is 1. The van der Waals surface area contributed by atoms with Crippen molar-refractivity contribution >= 4 is 5.82 Å². The van der Waals surface area contributed by atoms with Crippen LogP contribution in [0.4, 0.5) is 10.2 Å². The molecule has 9 heteroatoms. The molecule has 2 aromatic rings. The topological polar surface area (TPSA) is 87.4 Å². The van der Waals surface area contributed by atoms with Gasteiger partial charge >= 0.3 is 0 Å². The van der Waals surface area contributed by atoms with Crippen molar-refractivity contribution in [3.8, 4) is 17.7 Å². The van der Waals surface area contributed by atoms with Crippen LogP contribution in [0.15, 0.2) is 18.5 Å². The number of rotatable bonds is 3. The lowest BCUT2D eigenvalue weighted by Crippen LogP contribution is -2.53. The van der Waals surface area contributed by atoms with Gasteiger partial charge in [-0.05, 0) is 13.8 Å². The van der Waals surface area contributed by atoms with E-state index >= 15 is 0 Å². The van der Waals surface area contributed by atoms with E-state index in [4.69, 9.17) is 14.7 Å². The maximum absolute atomic E-state index is 14.6. The van der Waals surface area contributed by atoms with Crippen molar-refractivity contribution in [2.24, 2.45) is 0 Å². The first-order chi connectivity index (χ1) is 13.6. The predicted molar refractivity (Wildman–Crippen MR) is 98.7 cm³/mol. The monoisotopic (exact) mass is 384 g/mol. The summed E-state index contributed by atoms with van der Waals surface area (Å²) in [7, 11) is 0. The van der Waals surface area contributed by atoms with Crippen molar-refractivity contribution < 1.29 is 13.9 Å². The summed E-state index contributed by atoms with van der Waals surface area (Å²) in [6, 6.07) is 3.27. The maximum atomic E-state index is 14.6. The summed E-state index contributed by atoms with van der Waals surface area (Å²) >= 11 is 0. The van der Waals surface area contributed by atoms with Gasteiger partial charge in [0.1, 0.15) is 30.9 Å². The highest BCUT2D eigenvalue weighted by atomic mass is 19.1. The molecule has 4 rings (SSSR count). The first kappa shape index (κ1) is 18.4. The molecule has 2 atom stereocenters. The molecule has 146 valence electrons. The molecule has 1 saturated heterocycles. The van der Waals surface area contributed by atoms with Crippen LogP contribution in [0.3, 0.4) is 0 Å². The number of anilines is 1. The smallest absolute Gasteiger partial charge is 0.257 e. The summed E-state index contributed by atoms with van der Waals surface area (Å²) in [5.41, 5.74) is 0.659. The number of ether oxygens (including phenoxy) is 2. The van der Waals surface area contributed by atoms with E-state index < -0.39 is 0 Å². The van der Waals surface area contributed by atoms with Gasteiger partial charge in [0.05, 0.1) is 24.1 Å². The Morgan fingerprint density at radius 1 is 1.25 bits per heavy atom. The van der Waals surface area contributed by atoms with Gasteiger partial charge in [-0.15, -0.1) is 0 Å². The average molecular weight is 384 g/mol. The van der Waals surface area contributed by atoms with Gasteiger partial charge in [0.15, 0.2) is 11.4 Å². The SMILES string of the molecule is C[C@@H]1CN(c2cnc(C#N)cn2)CCN1[C@@H](C)c1nc2c(cc1F)OCCO2. The van der Waals surface area contributed by atoms with Gasteiger partial charge in [0, 0.05) is 31.7 Å². The van der Waals surface area contributed by atoms with Crippen LogP contribution in [-0.4, -0.2) is 58.7 Å². The van der Waals surface area contributed by atoms with E-state index in [2.05, 4.69) is 31.7 Å². The van der Waals surface area contributed by atoms with E-state index in [-0.39, 0.29) is 17.9 Å². The Kier molecular flexibility index (Phi) is 4.96. The van der Waals surface area contributed by atoms with Crippen LogP contribution in [0.25, 0.3) is 0 Å².